The van der Waals surface area contributed by atoms with Crippen molar-refractivity contribution in [3.05, 3.63) is 47.5 Å². The first kappa shape index (κ1) is 32.4. The lowest BCUT2D eigenvalue weighted by Crippen LogP contribution is -2.39. The van der Waals surface area contributed by atoms with Crippen LogP contribution in [0.5, 0.6) is 11.5 Å². The third-order valence-electron chi connectivity index (χ3n) is 7.06. The lowest BCUT2D eigenvalue weighted by molar-refractivity contribution is 0.0588. The van der Waals surface area contributed by atoms with Crippen molar-refractivity contribution in [2.24, 2.45) is 11.3 Å². The van der Waals surface area contributed by atoms with E-state index in [1.165, 1.54) is 12.1 Å². The molecule has 0 bridgehead atoms. The predicted octanol–water partition coefficient (Wildman–Crippen LogP) is 5.44. The molecule has 0 aliphatic heterocycles. The Kier molecular flexibility index (Phi) is 10.8. The third-order valence-corrected chi connectivity index (χ3v) is 8.95. The van der Waals surface area contributed by atoms with E-state index in [0.717, 1.165) is 49.9 Å². The number of phenolic OH excluding ortho intramolecular Hbond substituents is 2. The average Bonchev–Trinajstić information content (AvgIpc) is 2.82. The number of carbonyl (C=O) groups is 2. The Hall–Kier alpha value is -2.80. The number of carbonyl (C=O) groups excluding carboxylic acids is 2. The molecule has 216 valence electrons. The molecule has 10 nitrogen and oxygen atoms in total. The van der Waals surface area contributed by atoms with Gasteiger partial charge < -0.3 is 10.2 Å². The maximum Gasteiger partial charge on any atom is 0.298 e. The van der Waals surface area contributed by atoms with E-state index in [1.807, 2.05) is 0 Å². The number of Topliss-reactive ketones (excluding diaryl/α,β-unsaturated/α-hetero) is 2. The molecule has 4 N–H and O–H groups in total. The van der Waals surface area contributed by atoms with Gasteiger partial charge in [-0.05, 0) is 36.6 Å². The van der Waals surface area contributed by atoms with Crippen molar-refractivity contribution >= 4 is 31.8 Å². The number of ketones is 2. The van der Waals surface area contributed by atoms with E-state index in [9.17, 15) is 45.7 Å². The molecular weight excluding hydrogens is 548 g/mol. The molecule has 0 aromatic heterocycles. The SMILES string of the molecule is CCCCCCCCC(CC(=O)c1cccc(O)c1S(=O)(=O)O)(C(=O)c1cccc(O)c1S(=O)(=O)O)C(C)C. The smallest absolute Gasteiger partial charge is 0.298 e. The zero-order valence-electron chi connectivity index (χ0n) is 22.3. The molecule has 2 rings (SSSR count). The molecular formula is C27H36O10S2. The summed E-state index contributed by atoms with van der Waals surface area (Å²) in [4.78, 5) is 25.8. The van der Waals surface area contributed by atoms with Gasteiger partial charge in [-0.2, -0.15) is 16.8 Å². The highest BCUT2D eigenvalue weighted by molar-refractivity contribution is 7.86. The zero-order chi connectivity index (χ0) is 29.6. The summed E-state index contributed by atoms with van der Waals surface area (Å²) in [6.45, 7) is 5.38. The Morgan fingerprint density at radius 1 is 0.769 bits per heavy atom. The molecule has 0 aliphatic rings. The van der Waals surface area contributed by atoms with Gasteiger partial charge in [-0.3, -0.25) is 18.7 Å². The highest BCUT2D eigenvalue weighted by atomic mass is 32.2. The van der Waals surface area contributed by atoms with Gasteiger partial charge >= 0.3 is 0 Å². The fraction of sp³-hybridized carbons (Fsp3) is 0.481. The summed E-state index contributed by atoms with van der Waals surface area (Å²) < 4.78 is 67.7. The molecule has 0 heterocycles. The molecule has 1 unspecified atom stereocenters. The second-order valence-corrected chi connectivity index (χ2v) is 12.7. The molecule has 0 saturated heterocycles. The minimum atomic E-state index is -5.04. The molecule has 0 radical (unpaired) electrons. The van der Waals surface area contributed by atoms with Crippen LogP contribution < -0.4 is 0 Å². The number of aromatic hydroxyl groups is 2. The van der Waals surface area contributed by atoms with Crippen LogP contribution in [0.1, 0.15) is 92.9 Å². The number of hydrogen-bond donors (Lipinski definition) is 4. The maximum atomic E-state index is 14.2. The van der Waals surface area contributed by atoms with Gasteiger partial charge in [0.15, 0.2) is 11.6 Å². The quantitative estimate of drug-likeness (QED) is 0.119. The predicted molar refractivity (Wildman–Crippen MR) is 144 cm³/mol. The first-order valence-corrected chi connectivity index (χ1v) is 15.6. The van der Waals surface area contributed by atoms with Crippen LogP contribution in [0.25, 0.3) is 0 Å². The summed E-state index contributed by atoms with van der Waals surface area (Å²) in [5, 5.41) is 20.3. The summed E-state index contributed by atoms with van der Waals surface area (Å²) in [6.07, 6.45) is 4.61. The van der Waals surface area contributed by atoms with Crippen LogP contribution in [-0.4, -0.2) is 47.7 Å². The highest BCUT2D eigenvalue weighted by Gasteiger charge is 2.45. The van der Waals surface area contributed by atoms with Crippen LogP contribution in [-0.2, 0) is 20.2 Å². The van der Waals surface area contributed by atoms with Crippen LogP contribution in [0.15, 0.2) is 46.2 Å². The molecule has 0 amide bonds. The van der Waals surface area contributed by atoms with Crippen LogP contribution in [0.3, 0.4) is 0 Å². The van der Waals surface area contributed by atoms with Crippen molar-refractivity contribution in [3.8, 4) is 11.5 Å². The van der Waals surface area contributed by atoms with Gasteiger partial charge in [0, 0.05) is 23.0 Å². The normalized spacial score (nSPS) is 13.8. The summed E-state index contributed by atoms with van der Waals surface area (Å²) in [7, 11) is -10.1. The van der Waals surface area contributed by atoms with Crippen LogP contribution in [0.2, 0.25) is 0 Å². The largest absolute Gasteiger partial charge is 0.506 e. The standard InChI is InChI=1S/C27H36O10S2/c1-4-5-6-7-8-9-16-27(18(2)3,26(31)20-13-11-15-22(29)25(20)39(35,36)37)17-23(30)19-12-10-14-21(28)24(19)38(32,33)34/h10-15,18,28-29H,4-9,16-17H2,1-3H3,(H,32,33,34)(H,35,36,37). The van der Waals surface area contributed by atoms with E-state index >= 15 is 0 Å². The van der Waals surface area contributed by atoms with E-state index in [4.69, 9.17) is 0 Å². The van der Waals surface area contributed by atoms with Gasteiger partial charge in [-0.15, -0.1) is 0 Å². The minimum absolute atomic E-state index is 0.113. The van der Waals surface area contributed by atoms with Crippen molar-refractivity contribution in [2.75, 3.05) is 0 Å². The number of benzene rings is 2. The first-order valence-electron chi connectivity index (χ1n) is 12.7. The fourth-order valence-corrected chi connectivity index (χ4v) is 6.46. The second kappa shape index (κ2) is 13.0. The zero-order valence-corrected chi connectivity index (χ0v) is 23.9. The molecule has 0 saturated carbocycles. The van der Waals surface area contributed by atoms with Gasteiger partial charge in [0.1, 0.15) is 21.3 Å². The van der Waals surface area contributed by atoms with Crippen molar-refractivity contribution < 1.29 is 45.7 Å². The van der Waals surface area contributed by atoms with Crippen molar-refractivity contribution in [3.63, 3.8) is 0 Å². The number of hydrogen-bond acceptors (Lipinski definition) is 8. The Balaban J connectivity index is 2.68. The molecule has 39 heavy (non-hydrogen) atoms. The van der Waals surface area contributed by atoms with Gasteiger partial charge in [0.2, 0.25) is 0 Å². The van der Waals surface area contributed by atoms with Crippen LogP contribution in [0.4, 0.5) is 0 Å². The molecule has 2 aromatic rings. The molecule has 0 fully saturated rings. The molecule has 1 atom stereocenters. The summed E-state index contributed by atoms with van der Waals surface area (Å²) in [6, 6.07) is 6.68. The number of phenols is 2. The van der Waals surface area contributed by atoms with E-state index in [1.54, 1.807) is 13.8 Å². The lowest BCUT2D eigenvalue weighted by atomic mass is 9.65. The summed E-state index contributed by atoms with van der Waals surface area (Å²) in [5.41, 5.74) is -2.61. The highest BCUT2D eigenvalue weighted by Crippen LogP contribution is 2.44. The fourth-order valence-electron chi connectivity index (χ4n) is 4.90. The van der Waals surface area contributed by atoms with E-state index < -0.39 is 82.0 Å². The van der Waals surface area contributed by atoms with Gasteiger partial charge in [-0.25, -0.2) is 0 Å². The second-order valence-electron chi connectivity index (χ2n) is 10.0. The molecule has 2 aromatic carbocycles. The first-order chi connectivity index (χ1) is 18.1. The third kappa shape index (κ3) is 7.65. The number of rotatable bonds is 15. The van der Waals surface area contributed by atoms with Crippen molar-refractivity contribution in [1.82, 2.24) is 0 Å². The Morgan fingerprint density at radius 2 is 1.23 bits per heavy atom. The van der Waals surface area contributed by atoms with Crippen molar-refractivity contribution in [2.45, 2.75) is 81.9 Å². The molecule has 0 aliphatic carbocycles. The van der Waals surface area contributed by atoms with Gasteiger partial charge in [-0.1, -0.05) is 71.4 Å². The number of unbranched alkanes of at least 4 members (excludes halogenated alkanes) is 5. The van der Waals surface area contributed by atoms with Crippen LogP contribution >= 0.6 is 0 Å². The molecule has 12 heteroatoms. The summed E-state index contributed by atoms with van der Waals surface area (Å²) >= 11 is 0. The van der Waals surface area contributed by atoms with Gasteiger partial charge in [0.25, 0.3) is 20.2 Å². The Morgan fingerprint density at radius 3 is 1.72 bits per heavy atom. The Labute approximate surface area is 229 Å². The van der Waals surface area contributed by atoms with Gasteiger partial charge in [0.05, 0.1) is 0 Å². The average molecular weight is 585 g/mol. The maximum absolute atomic E-state index is 14.2. The molecule has 0 spiro atoms. The van der Waals surface area contributed by atoms with E-state index in [0.29, 0.717) is 12.8 Å². The van der Waals surface area contributed by atoms with E-state index in [-0.39, 0.29) is 6.42 Å². The Bertz CT molecular complexity index is 1410. The van der Waals surface area contributed by atoms with Crippen molar-refractivity contribution in [1.29, 1.82) is 0 Å². The summed E-state index contributed by atoms with van der Waals surface area (Å²) in [5.74, 6) is -3.97. The van der Waals surface area contributed by atoms with E-state index in [2.05, 4.69) is 6.92 Å². The lowest BCUT2D eigenvalue weighted by Gasteiger charge is -2.36. The van der Waals surface area contributed by atoms with Crippen LogP contribution in [0, 0.1) is 11.3 Å². The topological polar surface area (TPSA) is 183 Å². The minimum Gasteiger partial charge on any atom is -0.506 e. The monoisotopic (exact) mass is 584 g/mol.